The number of hydrogen-bond donors (Lipinski definition) is 0. The van der Waals surface area contributed by atoms with Crippen LogP contribution in [-0.2, 0) is 0 Å². The van der Waals surface area contributed by atoms with Crippen molar-refractivity contribution in [1.82, 2.24) is 24.8 Å². The van der Waals surface area contributed by atoms with Gasteiger partial charge in [0.1, 0.15) is 5.69 Å². The molecule has 1 aliphatic carbocycles. The molecule has 1 aliphatic heterocycles. The van der Waals surface area contributed by atoms with Gasteiger partial charge in [-0.05, 0) is 25.0 Å². The highest BCUT2D eigenvalue weighted by Gasteiger charge is 2.47. The van der Waals surface area contributed by atoms with E-state index in [1.807, 2.05) is 36.4 Å². The lowest BCUT2D eigenvalue weighted by Crippen LogP contribution is -2.17. The zero-order valence-corrected chi connectivity index (χ0v) is 15.0. The van der Waals surface area contributed by atoms with Gasteiger partial charge in [-0.25, -0.2) is 4.98 Å². The molecule has 0 bridgehead atoms. The Kier molecular flexibility index (Phi) is 2.97. The van der Waals surface area contributed by atoms with E-state index in [4.69, 9.17) is 21.1 Å². The maximum absolute atomic E-state index is 6.41. The predicted molar refractivity (Wildman–Crippen MR) is 99.2 cm³/mol. The second-order valence-corrected chi connectivity index (χ2v) is 7.53. The molecule has 0 radical (unpaired) electrons. The number of rotatable bonds is 1. The van der Waals surface area contributed by atoms with E-state index in [2.05, 4.69) is 20.3 Å². The van der Waals surface area contributed by atoms with Crippen LogP contribution in [0.15, 0.2) is 36.4 Å². The summed E-state index contributed by atoms with van der Waals surface area (Å²) in [4.78, 5) is 4.68. The van der Waals surface area contributed by atoms with Crippen LogP contribution in [0.4, 0.5) is 0 Å². The number of ether oxygens (including phenoxy) is 2. The lowest BCUT2D eigenvalue weighted by Gasteiger charge is -2.09. The highest BCUT2D eigenvalue weighted by Crippen LogP contribution is 2.50. The summed E-state index contributed by atoms with van der Waals surface area (Å²) in [6.45, 7) is 1.18. The SMILES string of the molecule is Clc1nn2c(-c3ccc4ccccc4n3)nnc2c2c1OCC1(CC1)CO2. The van der Waals surface area contributed by atoms with Gasteiger partial charge in [-0.3, -0.25) is 0 Å². The Bertz CT molecular complexity index is 1220. The predicted octanol–water partition coefficient (Wildman–Crippen LogP) is 3.54. The first-order chi connectivity index (χ1) is 13.2. The monoisotopic (exact) mass is 379 g/mol. The van der Waals surface area contributed by atoms with Crippen molar-refractivity contribution in [3.63, 3.8) is 0 Å². The van der Waals surface area contributed by atoms with Crippen molar-refractivity contribution in [3.8, 4) is 23.0 Å². The normalized spacial score (nSPS) is 17.4. The number of halogens is 1. The fraction of sp³-hybridized carbons (Fsp3) is 0.263. The Balaban J connectivity index is 1.53. The molecule has 1 aromatic carbocycles. The molecule has 3 aromatic heterocycles. The molecule has 134 valence electrons. The Morgan fingerprint density at radius 2 is 1.78 bits per heavy atom. The maximum atomic E-state index is 6.41. The van der Waals surface area contributed by atoms with E-state index in [1.165, 1.54) is 0 Å². The molecule has 0 saturated heterocycles. The molecule has 4 heterocycles. The van der Waals surface area contributed by atoms with Gasteiger partial charge in [-0.15, -0.1) is 15.3 Å². The zero-order chi connectivity index (χ0) is 18.0. The Morgan fingerprint density at radius 1 is 0.963 bits per heavy atom. The minimum atomic E-state index is 0.0993. The van der Waals surface area contributed by atoms with Crippen LogP contribution in [-0.4, -0.2) is 38.0 Å². The molecular weight excluding hydrogens is 366 g/mol. The lowest BCUT2D eigenvalue weighted by molar-refractivity contribution is 0.197. The lowest BCUT2D eigenvalue weighted by atomic mass is 10.1. The summed E-state index contributed by atoms with van der Waals surface area (Å²) < 4.78 is 13.5. The van der Waals surface area contributed by atoms with Crippen LogP contribution >= 0.6 is 11.6 Å². The van der Waals surface area contributed by atoms with Crippen molar-refractivity contribution in [2.75, 3.05) is 13.2 Å². The van der Waals surface area contributed by atoms with Gasteiger partial charge in [0, 0.05) is 10.8 Å². The number of benzene rings is 1. The van der Waals surface area contributed by atoms with Crippen LogP contribution in [0.1, 0.15) is 12.8 Å². The molecule has 27 heavy (non-hydrogen) atoms. The average molecular weight is 380 g/mol. The van der Waals surface area contributed by atoms with Crippen molar-refractivity contribution < 1.29 is 9.47 Å². The summed E-state index contributed by atoms with van der Waals surface area (Å²) in [5, 5.41) is 14.3. The summed E-state index contributed by atoms with van der Waals surface area (Å²) >= 11 is 6.41. The molecule has 1 fully saturated rings. The first-order valence-corrected chi connectivity index (χ1v) is 9.17. The van der Waals surface area contributed by atoms with Gasteiger partial charge in [-0.1, -0.05) is 35.9 Å². The van der Waals surface area contributed by atoms with Crippen LogP contribution in [0.5, 0.6) is 11.5 Å². The third kappa shape index (κ3) is 2.28. The van der Waals surface area contributed by atoms with Gasteiger partial charge in [0.2, 0.25) is 23.0 Å². The van der Waals surface area contributed by atoms with E-state index in [1.54, 1.807) is 4.52 Å². The average Bonchev–Trinajstić information content (AvgIpc) is 3.40. The van der Waals surface area contributed by atoms with Crippen molar-refractivity contribution in [2.24, 2.45) is 5.41 Å². The third-order valence-corrected chi connectivity index (χ3v) is 5.50. The second-order valence-electron chi connectivity index (χ2n) is 7.17. The Labute approximate surface area is 158 Å². The van der Waals surface area contributed by atoms with E-state index in [9.17, 15) is 0 Å². The van der Waals surface area contributed by atoms with Crippen molar-refractivity contribution in [2.45, 2.75) is 12.8 Å². The number of fused-ring (bicyclic) bond motifs is 4. The van der Waals surface area contributed by atoms with Crippen LogP contribution < -0.4 is 9.47 Å². The summed E-state index contributed by atoms with van der Waals surface area (Å²) in [7, 11) is 0. The van der Waals surface area contributed by atoms with Crippen molar-refractivity contribution in [1.29, 1.82) is 0 Å². The topological polar surface area (TPSA) is 74.4 Å². The van der Waals surface area contributed by atoms with Gasteiger partial charge in [-0.2, -0.15) is 4.52 Å². The summed E-state index contributed by atoms with van der Waals surface area (Å²) in [5.41, 5.74) is 2.13. The van der Waals surface area contributed by atoms with Gasteiger partial charge in [0.15, 0.2) is 5.15 Å². The molecule has 0 atom stereocenters. The number of pyridine rings is 1. The van der Waals surface area contributed by atoms with Crippen molar-refractivity contribution >= 4 is 28.2 Å². The van der Waals surface area contributed by atoms with E-state index in [0.717, 1.165) is 23.7 Å². The molecule has 1 saturated carbocycles. The standard InChI is InChI=1S/C19H14ClN5O2/c20-16-14-15(27-10-19(7-8-19)9-26-14)18-23-22-17(25(18)24-16)13-6-5-11-3-1-2-4-12(11)21-13/h1-6H,7-10H2. The first kappa shape index (κ1) is 15.2. The molecular formula is C19H14ClN5O2. The quantitative estimate of drug-likeness (QED) is 0.503. The van der Waals surface area contributed by atoms with Crippen LogP contribution in [0, 0.1) is 5.41 Å². The smallest absolute Gasteiger partial charge is 0.224 e. The summed E-state index contributed by atoms with van der Waals surface area (Å²) in [5.74, 6) is 1.45. The minimum Gasteiger partial charge on any atom is -0.486 e. The minimum absolute atomic E-state index is 0.0993. The van der Waals surface area contributed by atoms with Crippen molar-refractivity contribution in [3.05, 3.63) is 41.6 Å². The van der Waals surface area contributed by atoms with Gasteiger partial charge in [0.05, 0.1) is 18.7 Å². The second kappa shape index (κ2) is 5.29. The summed E-state index contributed by atoms with van der Waals surface area (Å²) in [6.07, 6.45) is 2.20. The number of hydrogen-bond acceptors (Lipinski definition) is 6. The highest BCUT2D eigenvalue weighted by molar-refractivity contribution is 6.31. The molecule has 6 rings (SSSR count). The van der Waals surface area contributed by atoms with Crippen LogP contribution in [0.25, 0.3) is 28.1 Å². The highest BCUT2D eigenvalue weighted by atomic mass is 35.5. The van der Waals surface area contributed by atoms with E-state index < -0.39 is 0 Å². The molecule has 2 aliphatic rings. The number of aromatic nitrogens is 5. The fourth-order valence-corrected chi connectivity index (χ4v) is 3.62. The molecule has 1 spiro atoms. The Morgan fingerprint density at radius 3 is 2.63 bits per heavy atom. The first-order valence-electron chi connectivity index (χ1n) is 8.79. The summed E-state index contributed by atoms with van der Waals surface area (Å²) in [6, 6.07) is 11.8. The van der Waals surface area contributed by atoms with Crippen LogP contribution in [0.2, 0.25) is 5.15 Å². The molecule has 0 unspecified atom stereocenters. The molecule has 8 heteroatoms. The Hall–Kier alpha value is -2.93. The maximum Gasteiger partial charge on any atom is 0.224 e. The van der Waals surface area contributed by atoms with Gasteiger partial charge in [0.25, 0.3) is 0 Å². The molecule has 0 amide bonds. The van der Waals surface area contributed by atoms with Gasteiger partial charge >= 0.3 is 0 Å². The molecule has 4 aromatic rings. The van der Waals surface area contributed by atoms with E-state index >= 15 is 0 Å². The molecule has 7 nitrogen and oxygen atoms in total. The number of para-hydroxylation sites is 1. The zero-order valence-electron chi connectivity index (χ0n) is 14.2. The van der Waals surface area contributed by atoms with Crippen LogP contribution in [0.3, 0.4) is 0 Å². The molecule has 0 N–H and O–H groups in total. The van der Waals surface area contributed by atoms with E-state index in [-0.39, 0.29) is 10.6 Å². The fourth-order valence-electron chi connectivity index (χ4n) is 3.41. The number of nitrogens with zero attached hydrogens (tertiary/aromatic N) is 5. The van der Waals surface area contributed by atoms with E-state index in [0.29, 0.717) is 41.9 Å². The largest absolute Gasteiger partial charge is 0.486 e. The third-order valence-electron chi connectivity index (χ3n) is 5.26. The van der Waals surface area contributed by atoms with Gasteiger partial charge < -0.3 is 9.47 Å².